The molecule has 0 aliphatic carbocycles. The fourth-order valence-electron chi connectivity index (χ4n) is 2.86. The molecule has 25 heavy (non-hydrogen) atoms. The number of nitrogens with one attached hydrogen (secondary N) is 1. The zero-order valence-electron chi connectivity index (χ0n) is 13.7. The molecule has 1 aliphatic rings. The van der Waals surface area contributed by atoms with Gasteiger partial charge in [-0.15, -0.1) is 11.8 Å². The third-order valence-corrected chi connectivity index (χ3v) is 7.41. The highest BCUT2D eigenvalue weighted by atomic mass is 32.2. The molecule has 0 amide bonds. The maximum atomic E-state index is 12.5. The van der Waals surface area contributed by atoms with Crippen LogP contribution in [-0.4, -0.2) is 53.8 Å². The number of ketones is 1. The molecule has 6 nitrogen and oxygen atoms in total. The van der Waals surface area contributed by atoms with Gasteiger partial charge in [-0.1, -0.05) is 18.2 Å². The number of rotatable bonds is 6. The lowest BCUT2D eigenvalue weighted by Gasteiger charge is -2.13. The number of Topliss-reactive ketones (excluding diaryl/α,β-unsaturated/α-hetero) is 1. The molecule has 2 aromatic rings. The Morgan fingerprint density at radius 1 is 1.36 bits per heavy atom. The molecule has 0 saturated carbocycles. The standard InChI is InChI=1S/C17H19NO5S2/c1-11(17(20)14-8-18-15-5-3-2-4-13(14)15)23-16(19)9-24-12-6-7-25(21,22)10-12/h2-5,8,11-12,18H,6-7,9-10H2,1H3/t11-,12+/m1/s1. The van der Waals surface area contributed by atoms with Gasteiger partial charge in [0.1, 0.15) is 0 Å². The molecule has 0 unspecified atom stereocenters. The van der Waals surface area contributed by atoms with E-state index < -0.39 is 21.9 Å². The van der Waals surface area contributed by atoms with Crippen LogP contribution in [0.3, 0.4) is 0 Å². The molecule has 0 radical (unpaired) electrons. The van der Waals surface area contributed by atoms with Gasteiger partial charge in [0.15, 0.2) is 15.9 Å². The van der Waals surface area contributed by atoms with E-state index in [2.05, 4.69) is 4.98 Å². The molecule has 0 bridgehead atoms. The fraction of sp³-hybridized carbons (Fsp3) is 0.412. The van der Waals surface area contributed by atoms with Crippen LogP contribution in [0, 0.1) is 0 Å². The Balaban J connectivity index is 1.55. The van der Waals surface area contributed by atoms with Gasteiger partial charge in [-0.3, -0.25) is 9.59 Å². The van der Waals surface area contributed by atoms with Gasteiger partial charge >= 0.3 is 5.97 Å². The fourth-order valence-corrected chi connectivity index (χ4v) is 6.28. The zero-order valence-corrected chi connectivity index (χ0v) is 15.4. The van der Waals surface area contributed by atoms with Crippen molar-refractivity contribution in [3.63, 3.8) is 0 Å². The van der Waals surface area contributed by atoms with Crippen molar-refractivity contribution < 1.29 is 22.7 Å². The second-order valence-corrected chi connectivity index (χ2v) is 9.60. The summed E-state index contributed by atoms with van der Waals surface area (Å²) >= 11 is 1.28. The summed E-state index contributed by atoms with van der Waals surface area (Å²) in [7, 11) is -2.96. The monoisotopic (exact) mass is 381 g/mol. The summed E-state index contributed by atoms with van der Waals surface area (Å²) < 4.78 is 28.1. The molecule has 1 N–H and O–H groups in total. The van der Waals surface area contributed by atoms with Crippen molar-refractivity contribution in [2.45, 2.75) is 24.7 Å². The lowest BCUT2D eigenvalue weighted by Crippen LogP contribution is -2.25. The first-order chi connectivity index (χ1) is 11.9. The van der Waals surface area contributed by atoms with Crippen LogP contribution in [0.4, 0.5) is 0 Å². The quantitative estimate of drug-likeness (QED) is 0.609. The van der Waals surface area contributed by atoms with Crippen LogP contribution in [0.1, 0.15) is 23.7 Å². The largest absolute Gasteiger partial charge is 0.454 e. The molecule has 1 fully saturated rings. The van der Waals surface area contributed by atoms with E-state index in [1.54, 1.807) is 13.1 Å². The summed E-state index contributed by atoms with van der Waals surface area (Å²) in [6, 6.07) is 7.42. The lowest BCUT2D eigenvalue weighted by molar-refractivity contribution is -0.143. The normalized spacial score (nSPS) is 20.4. The first kappa shape index (κ1) is 18.0. The Bertz CT molecular complexity index is 903. The molecule has 1 aromatic carbocycles. The molecule has 2 atom stereocenters. The maximum Gasteiger partial charge on any atom is 0.316 e. The smallest absolute Gasteiger partial charge is 0.316 e. The summed E-state index contributed by atoms with van der Waals surface area (Å²) in [5.74, 6) is -0.440. The number of aromatic nitrogens is 1. The Morgan fingerprint density at radius 2 is 2.12 bits per heavy atom. The van der Waals surface area contributed by atoms with E-state index in [1.165, 1.54) is 11.8 Å². The van der Waals surface area contributed by atoms with Gasteiger partial charge < -0.3 is 9.72 Å². The summed E-state index contributed by atoms with van der Waals surface area (Å²) in [6.45, 7) is 1.55. The average Bonchev–Trinajstić information content (AvgIpc) is 3.15. The first-order valence-corrected chi connectivity index (χ1v) is 10.8. The number of carbonyl (C=O) groups is 2. The second kappa shape index (κ2) is 7.21. The highest BCUT2D eigenvalue weighted by Crippen LogP contribution is 2.25. The van der Waals surface area contributed by atoms with Crippen molar-refractivity contribution in [2.24, 2.45) is 0 Å². The minimum atomic E-state index is -2.96. The predicted octanol–water partition coefficient (Wildman–Crippen LogP) is 2.20. The van der Waals surface area contributed by atoms with E-state index in [1.807, 2.05) is 24.3 Å². The van der Waals surface area contributed by atoms with Crippen LogP contribution >= 0.6 is 11.8 Å². The highest BCUT2D eigenvalue weighted by Gasteiger charge is 2.29. The van der Waals surface area contributed by atoms with E-state index in [4.69, 9.17) is 4.74 Å². The third-order valence-electron chi connectivity index (χ3n) is 4.16. The minimum Gasteiger partial charge on any atom is -0.454 e. The number of ether oxygens (including phenoxy) is 1. The highest BCUT2D eigenvalue weighted by molar-refractivity contribution is 8.02. The number of sulfone groups is 1. The third kappa shape index (κ3) is 4.24. The van der Waals surface area contributed by atoms with Gasteiger partial charge in [-0.05, 0) is 19.4 Å². The predicted molar refractivity (Wildman–Crippen MR) is 97.7 cm³/mol. The average molecular weight is 381 g/mol. The Labute approximate surface area is 150 Å². The molecule has 1 aromatic heterocycles. The number of hydrogen-bond donors (Lipinski definition) is 1. The summed E-state index contributed by atoms with van der Waals surface area (Å²) in [5.41, 5.74) is 1.34. The molecule has 1 saturated heterocycles. The molecule has 8 heteroatoms. The van der Waals surface area contributed by atoms with Gasteiger partial charge in [0, 0.05) is 27.9 Å². The number of H-pyrrole nitrogens is 1. The number of para-hydroxylation sites is 1. The number of fused-ring (bicyclic) bond motifs is 1. The number of thioether (sulfide) groups is 1. The van der Waals surface area contributed by atoms with Crippen molar-refractivity contribution >= 4 is 44.3 Å². The summed E-state index contributed by atoms with van der Waals surface area (Å²) in [5, 5.41) is 0.720. The first-order valence-electron chi connectivity index (χ1n) is 7.97. The number of benzene rings is 1. The van der Waals surface area contributed by atoms with E-state index in [9.17, 15) is 18.0 Å². The van der Waals surface area contributed by atoms with Crippen LogP contribution in [0.2, 0.25) is 0 Å². The summed E-state index contributed by atoms with van der Waals surface area (Å²) in [4.78, 5) is 27.5. The number of aromatic amines is 1. The van der Waals surface area contributed by atoms with Crippen LogP contribution in [0.5, 0.6) is 0 Å². The second-order valence-electron chi connectivity index (χ2n) is 6.08. The zero-order chi connectivity index (χ0) is 18.0. The van der Waals surface area contributed by atoms with Crippen LogP contribution in [0.15, 0.2) is 30.5 Å². The molecule has 0 spiro atoms. The molecule has 134 valence electrons. The van der Waals surface area contributed by atoms with E-state index in [0.29, 0.717) is 12.0 Å². The Hall–Kier alpha value is -1.80. The number of hydrogen-bond acceptors (Lipinski definition) is 6. The molecular formula is C17H19NO5S2. The van der Waals surface area contributed by atoms with Crippen LogP contribution in [0.25, 0.3) is 10.9 Å². The maximum absolute atomic E-state index is 12.5. The van der Waals surface area contributed by atoms with Crippen molar-refractivity contribution in [2.75, 3.05) is 17.3 Å². The van der Waals surface area contributed by atoms with Crippen LogP contribution < -0.4 is 0 Å². The minimum absolute atomic E-state index is 0.0473. The Morgan fingerprint density at radius 3 is 2.84 bits per heavy atom. The lowest BCUT2D eigenvalue weighted by atomic mass is 10.1. The van der Waals surface area contributed by atoms with Crippen LogP contribution in [-0.2, 0) is 19.4 Å². The number of esters is 1. The Kier molecular flexibility index (Phi) is 5.19. The number of carbonyl (C=O) groups excluding carboxylic acids is 2. The van der Waals surface area contributed by atoms with Gasteiger partial charge in [0.05, 0.1) is 17.3 Å². The SMILES string of the molecule is C[C@@H](OC(=O)CS[C@H]1CCS(=O)(=O)C1)C(=O)c1c[nH]c2ccccc12. The van der Waals surface area contributed by atoms with Gasteiger partial charge in [-0.25, -0.2) is 8.42 Å². The van der Waals surface area contributed by atoms with Gasteiger partial charge in [0.2, 0.25) is 5.78 Å². The molecule has 2 heterocycles. The van der Waals surface area contributed by atoms with E-state index >= 15 is 0 Å². The van der Waals surface area contributed by atoms with Gasteiger partial charge in [0.25, 0.3) is 0 Å². The van der Waals surface area contributed by atoms with Crippen molar-refractivity contribution in [3.05, 3.63) is 36.0 Å². The van der Waals surface area contributed by atoms with Gasteiger partial charge in [-0.2, -0.15) is 0 Å². The van der Waals surface area contributed by atoms with Crippen molar-refractivity contribution in [1.82, 2.24) is 4.98 Å². The summed E-state index contributed by atoms with van der Waals surface area (Å²) in [6.07, 6.45) is 1.29. The van der Waals surface area contributed by atoms with E-state index in [0.717, 1.165) is 10.9 Å². The molecular weight excluding hydrogens is 362 g/mol. The van der Waals surface area contributed by atoms with Crippen molar-refractivity contribution in [1.29, 1.82) is 0 Å². The van der Waals surface area contributed by atoms with E-state index in [-0.39, 0.29) is 28.3 Å². The molecule has 3 rings (SSSR count). The van der Waals surface area contributed by atoms with Crippen molar-refractivity contribution in [3.8, 4) is 0 Å². The topological polar surface area (TPSA) is 93.3 Å². The molecule has 1 aliphatic heterocycles.